The Kier molecular flexibility index (Phi) is 6.52. The first kappa shape index (κ1) is 13.8. The van der Waals surface area contributed by atoms with Gasteiger partial charge < -0.3 is 16.4 Å². The second-order valence-electron chi connectivity index (χ2n) is 3.08. The van der Waals surface area contributed by atoms with Crippen molar-refractivity contribution >= 4 is 28.8 Å². The zero-order chi connectivity index (χ0) is 11.8. The van der Waals surface area contributed by atoms with Crippen molar-refractivity contribution in [3.05, 3.63) is 0 Å². The fraction of sp³-hybridized carbons (Fsp3) is 0.625. The van der Waals surface area contributed by atoms with Crippen LogP contribution in [0.15, 0.2) is 4.99 Å². The molecule has 0 aliphatic carbocycles. The lowest BCUT2D eigenvalue weighted by Gasteiger charge is -2.09. The number of amides is 1. The van der Waals surface area contributed by atoms with E-state index in [9.17, 15) is 4.79 Å². The molecule has 0 aromatic rings. The molecule has 15 heavy (non-hydrogen) atoms. The molecule has 0 aliphatic rings. The lowest BCUT2D eigenvalue weighted by Crippen LogP contribution is -2.23. The van der Waals surface area contributed by atoms with E-state index in [1.807, 2.05) is 0 Å². The van der Waals surface area contributed by atoms with Crippen LogP contribution in [0.3, 0.4) is 0 Å². The van der Waals surface area contributed by atoms with E-state index in [2.05, 4.69) is 4.99 Å². The summed E-state index contributed by atoms with van der Waals surface area (Å²) in [4.78, 5) is 16.3. The van der Waals surface area contributed by atoms with Gasteiger partial charge in [-0.15, -0.1) is 0 Å². The van der Waals surface area contributed by atoms with Gasteiger partial charge in [-0.25, -0.2) is 0 Å². The summed E-state index contributed by atoms with van der Waals surface area (Å²) in [6.45, 7) is 0. The molecule has 0 saturated heterocycles. The van der Waals surface area contributed by atoms with E-state index in [0.717, 1.165) is 0 Å². The van der Waals surface area contributed by atoms with Crippen molar-refractivity contribution in [2.24, 2.45) is 16.5 Å². The monoisotopic (exact) mass is 231 g/mol. The van der Waals surface area contributed by atoms with Crippen LogP contribution >= 0.6 is 11.8 Å². The van der Waals surface area contributed by atoms with Crippen molar-refractivity contribution in [1.29, 1.82) is 5.41 Å². The van der Waals surface area contributed by atoms with Gasteiger partial charge in [0.1, 0.15) is 0 Å². The maximum atomic E-state index is 11.2. The molecule has 0 bridgehead atoms. The highest BCUT2D eigenvalue weighted by molar-refractivity contribution is 8.13. The number of nitrogens with one attached hydrogen (secondary N) is 1. The minimum Gasteiger partial charge on any atom is -0.370 e. The van der Waals surface area contributed by atoms with E-state index in [1.165, 1.54) is 11.8 Å². The van der Waals surface area contributed by atoms with Crippen molar-refractivity contribution in [2.75, 3.05) is 19.8 Å². The minimum absolute atomic E-state index is 0.0762. The van der Waals surface area contributed by atoms with E-state index in [4.69, 9.17) is 16.9 Å². The standard InChI is InChI=1S/C8H17N5OS/c1-13(2)6(14)4-3-5-15-8(11)12-7(9)10/h3-5H2,1-2H3,(H5,9,10,11,12). The van der Waals surface area contributed by atoms with E-state index in [0.29, 0.717) is 18.6 Å². The normalized spacial score (nSPS) is 9.47. The molecule has 1 amide bonds. The van der Waals surface area contributed by atoms with E-state index in [-0.39, 0.29) is 17.0 Å². The fourth-order valence-electron chi connectivity index (χ4n) is 0.765. The van der Waals surface area contributed by atoms with Gasteiger partial charge in [-0.3, -0.25) is 10.2 Å². The Morgan fingerprint density at radius 2 is 2.07 bits per heavy atom. The van der Waals surface area contributed by atoms with Crippen molar-refractivity contribution in [3.8, 4) is 0 Å². The van der Waals surface area contributed by atoms with Crippen LogP contribution in [0, 0.1) is 5.41 Å². The zero-order valence-electron chi connectivity index (χ0n) is 8.99. The topological polar surface area (TPSA) is 109 Å². The van der Waals surface area contributed by atoms with Gasteiger partial charge >= 0.3 is 0 Å². The zero-order valence-corrected chi connectivity index (χ0v) is 9.80. The van der Waals surface area contributed by atoms with Gasteiger partial charge in [-0.2, -0.15) is 4.99 Å². The Morgan fingerprint density at radius 1 is 1.47 bits per heavy atom. The smallest absolute Gasteiger partial charge is 0.222 e. The average Bonchev–Trinajstić information content (AvgIpc) is 2.10. The molecule has 7 heteroatoms. The summed E-state index contributed by atoms with van der Waals surface area (Å²) in [5.74, 6) is 0.635. The highest BCUT2D eigenvalue weighted by Crippen LogP contribution is 2.07. The molecule has 0 rings (SSSR count). The molecule has 5 N–H and O–H groups in total. The van der Waals surface area contributed by atoms with Crippen molar-refractivity contribution in [3.63, 3.8) is 0 Å². The van der Waals surface area contributed by atoms with Gasteiger partial charge in [-0.1, -0.05) is 11.8 Å². The number of carbonyl (C=O) groups excluding carboxylic acids is 1. The van der Waals surface area contributed by atoms with Crippen molar-refractivity contribution in [2.45, 2.75) is 12.8 Å². The Morgan fingerprint density at radius 3 is 2.53 bits per heavy atom. The van der Waals surface area contributed by atoms with Gasteiger partial charge in [-0.05, 0) is 6.42 Å². The Hall–Kier alpha value is -1.24. The predicted octanol–water partition coefficient (Wildman–Crippen LogP) is -0.204. The summed E-state index contributed by atoms with van der Waals surface area (Å²) in [6.07, 6.45) is 1.19. The third kappa shape index (κ3) is 7.80. The van der Waals surface area contributed by atoms with Crippen LogP contribution in [0.25, 0.3) is 0 Å². The number of thioether (sulfide) groups is 1. The van der Waals surface area contributed by atoms with Crippen LogP contribution in [-0.4, -0.2) is 41.8 Å². The van der Waals surface area contributed by atoms with Crippen molar-refractivity contribution in [1.82, 2.24) is 4.90 Å². The van der Waals surface area contributed by atoms with Crippen LogP contribution in [0.1, 0.15) is 12.8 Å². The number of carbonyl (C=O) groups is 1. The maximum Gasteiger partial charge on any atom is 0.222 e. The third-order valence-corrected chi connectivity index (χ3v) is 2.36. The second-order valence-corrected chi connectivity index (χ2v) is 4.17. The molecule has 0 aliphatic heterocycles. The lowest BCUT2D eigenvalue weighted by molar-refractivity contribution is -0.128. The Labute approximate surface area is 93.6 Å². The quantitative estimate of drug-likeness (QED) is 0.353. The largest absolute Gasteiger partial charge is 0.370 e. The first-order valence-electron chi connectivity index (χ1n) is 4.44. The van der Waals surface area contributed by atoms with Crippen molar-refractivity contribution < 1.29 is 4.79 Å². The molecule has 0 fully saturated rings. The van der Waals surface area contributed by atoms with Gasteiger partial charge in [0.05, 0.1) is 0 Å². The van der Waals surface area contributed by atoms with Crippen LogP contribution in [0.4, 0.5) is 0 Å². The molecule has 0 atom stereocenters. The highest BCUT2D eigenvalue weighted by Gasteiger charge is 2.03. The number of guanidine groups is 1. The molecule has 0 radical (unpaired) electrons. The van der Waals surface area contributed by atoms with E-state index in [1.54, 1.807) is 19.0 Å². The SMILES string of the molecule is CN(C)C(=O)CCCSC(=N)N=C(N)N. The highest BCUT2D eigenvalue weighted by atomic mass is 32.2. The summed E-state index contributed by atoms with van der Waals surface area (Å²) in [5.41, 5.74) is 10.2. The first-order chi connectivity index (χ1) is 6.93. The average molecular weight is 231 g/mol. The summed E-state index contributed by atoms with van der Waals surface area (Å²) in [7, 11) is 3.44. The van der Waals surface area contributed by atoms with Gasteiger partial charge in [0, 0.05) is 26.3 Å². The third-order valence-electron chi connectivity index (χ3n) is 1.50. The maximum absolute atomic E-state index is 11.2. The van der Waals surface area contributed by atoms with E-state index < -0.39 is 0 Å². The number of amidine groups is 1. The minimum atomic E-state index is -0.114. The second kappa shape index (κ2) is 7.10. The Balaban J connectivity index is 3.60. The summed E-state index contributed by atoms with van der Waals surface area (Å²) < 4.78 is 0. The number of hydrogen-bond donors (Lipinski definition) is 3. The number of nitrogens with zero attached hydrogens (tertiary/aromatic N) is 2. The number of aliphatic imine (C=N–C) groups is 1. The molecular weight excluding hydrogens is 214 g/mol. The van der Waals surface area contributed by atoms with Gasteiger partial charge in [0.2, 0.25) is 5.91 Å². The molecule has 86 valence electrons. The van der Waals surface area contributed by atoms with Gasteiger partial charge in [0.15, 0.2) is 11.1 Å². The molecular formula is C8H17N5OS. The predicted molar refractivity (Wildman–Crippen MR) is 63.9 cm³/mol. The number of hydrogen-bond acceptors (Lipinski definition) is 3. The van der Waals surface area contributed by atoms with Crippen LogP contribution in [0.2, 0.25) is 0 Å². The number of rotatable bonds is 4. The molecule has 0 unspecified atom stereocenters. The van der Waals surface area contributed by atoms with Gasteiger partial charge in [0.25, 0.3) is 0 Å². The molecule has 0 aromatic carbocycles. The summed E-state index contributed by atoms with van der Waals surface area (Å²) >= 11 is 1.22. The number of nitrogens with two attached hydrogens (primary N) is 2. The molecule has 6 nitrogen and oxygen atoms in total. The van der Waals surface area contributed by atoms with Crippen LogP contribution in [-0.2, 0) is 4.79 Å². The Bertz CT molecular complexity index is 260. The molecule has 0 spiro atoms. The summed E-state index contributed by atoms with van der Waals surface area (Å²) in [5, 5.41) is 7.39. The van der Waals surface area contributed by atoms with Crippen LogP contribution in [0.5, 0.6) is 0 Å². The summed E-state index contributed by atoms with van der Waals surface area (Å²) in [6, 6.07) is 0. The molecule has 0 heterocycles. The fourth-order valence-corrected chi connectivity index (χ4v) is 1.42. The molecule has 0 saturated carbocycles. The molecule has 0 aromatic heterocycles. The van der Waals surface area contributed by atoms with E-state index >= 15 is 0 Å². The van der Waals surface area contributed by atoms with Crippen LogP contribution < -0.4 is 11.5 Å². The lowest BCUT2D eigenvalue weighted by atomic mass is 10.3. The first-order valence-corrected chi connectivity index (χ1v) is 5.43.